The Balaban J connectivity index is 1.29. The summed E-state index contributed by atoms with van der Waals surface area (Å²) in [5.41, 5.74) is -0.366. The number of rotatable bonds is 10. The average molecular weight is 617 g/mol. The third kappa shape index (κ3) is 7.66. The summed E-state index contributed by atoms with van der Waals surface area (Å²) < 4.78 is 60.3. The fourth-order valence-corrected chi connectivity index (χ4v) is 5.14. The Morgan fingerprint density at radius 3 is 2.32 bits per heavy atom. The number of piperidine rings is 1. The van der Waals surface area contributed by atoms with E-state index < -0.39 is 35.3 Å². The summed E-state index contributed by atoms with van der Waals surface area (Å²) in [7, 11) is 0. The molecule has 0 bridgehead atoms. The van der Waals surface area contributed by atoms with E-state index >= 15 is 4.39 Å². The maximum Gasteiger partial charge on any atom is 0.416 e. The van der Waals surface area contributed by atoms with Gasteiger partial charge in [-0.1, -0.05) is 42.5 Å². The Labute approximate surface area is 251 Å². The molecule has 234 valence electrons. The number of nitrogens with one attached hydrogen (secondary N) is 2. The molecule has 14 heteroatoms. The first-order chi connectivity index (χ1) is 21.0. The smallest absolute Gasteiger partial charge is 0.416 e. The first-order valence-electron chi connectivity index (χ1n) is 14.2. The molecule has 0 spiro atoms. The fraction of sp³-hybridized carbons (Fsp3) is 0.400. The van der Waals surface area contributed by atoms with E-state index in [4.69, 9.17) is 4.74 Å². The lowest BCUT2D eigenvalue weighted by Gasteiger charge is -2.41. The molecule has 1 aliphatic heterocycles. The fourth-order valence-electron chi connectivity index (χ4n) is 5.14. The molecular weight excluding hydrogens is 584 g/mol. The number of hydrogen-bond acceptors (Lipinski definition) is 7. The molecule has 2 fully saturated rings. The molecule has 3 aromatic rings. The van der Waals surface area contributed by atoms with Crippen LogP contribution in [-0.2, 0) is 24.1 Å². The number of likely N-dealkylation sites (tertiary alicyclic amines) is 1. The van der Waals surface area contributed by atoms with Gasteiger partial charge >= 0.3 is 18.4 Å². The van der Waals surface area contributed by atoms with Gasteiger partial charge in [0.2, 0.25) is 5.82 Å². The molecular formula is C30H32F4N6O4. The molecule has 1 saturated carbocycles. The van der Waals surface area contributed by atoms with Crippen LogP contribution in [0.1, 0.15) is 42.4 Å². The first kappa shape index (κ1) is 30.8. The highest BCUT2D eigenvalue weighted by Gasteiger charge is 2.39. The molecule has 2 aliphatic rings. The Hall–Kier alpha value is -4.62. The number of alkyl carbamates (subject to hydrolysis) is 1. The zero-order chi connectivity index (χ0) is 31.3. The van der Waals surface area contributed by atoms with Crippen molar-refractivity contribution < 1.29 is 37.0 Å². The predicted octanol–water partition coefficient (Wildman–Crippen LogP) is 5.65. The zero-order valence-corrected chi connectivity index (χ0v) is 23.7. The molecule has 3 N–H and O–H groups in total. The summed E-state index contributed by atoms with van der Waals surface area (Å²) in [6.07, 6.45) is -2.97. The number of nitrogens with zero attached hydrogens (tertiary/aromatic N) is 4. The number of alkyl halides is 3. The molecule has 0 atom stereocenters. The van der Waals surface area contributed by atoms with Gasteiger partial charge in [0.05, 0.1) is 11.1 Å². The molecule has 1 aromatic heterocycles. The van der Waals surface area contributed by atoms with Crippen LogP contribution >= 0.6 is 0 Å². The number of hydrogen-bond donors (Lipinski definition) is 3. The molecule has 0 unspecified atom stereocenters. The molecule has 0 radical (unpaired) electrons. The van der Waals surface area contributed by atoms with Crippen molar-refractivity contribution in [3.63, 3.8) is 0 Å². The number of carbonyl (C=O) groups is 2. The Kier molecular flexibility index (Phi) is 9.06. The third-order valence-corrected chi connectivity index (χ3v) is 7.83. The molecule has 5 rings (SSSR count). The molecule has 1 aliphatic carbocycles. The number of benzene rings is 2. The van der Waals surface area contributed by atoms with Crippen LogP contribution in [0.5, 0.6) is 0 Å². The SMILES string of the molecule is O=C(NC1(CNc2ncnc(N(Cc3ccc(C(F)(F)F)cc3)C3CC3)c2F)CCN(C(=O)O)CC1)OCc1ccccc1. The summed E-state index contributed by atoms with van der Waals surface area (Å²) in [6, 6.07) is 13.8. The number of ether oxygens (including phenoxy) is 1. The minimum Gasteiger partial charge on any atom is -0.465 e. The highest BCUT2D eigenvalue weighted by atomic mass is 19.4. The summed E-state index contributed by atoms with van der Waals surface area (Å²) in [5.74, 6) is -0.849. The standard InChI is InChI=1S/C30H32F4N6O4/c31-24-25(36-19-37-26(24)40(23-10-11-23)16-20-6-8-22(9-7-20)30(32,33)34)35-18-29(12-14-39(15-13-29)28(42)43)38-27(41)44-17-21-4-2-1-3-5-21/h1-9,19,23H,10-18H2,(H,38,41)(H,42,43)(H,35,36,37). The minimum atomic E-state index is -4.46. The van der Waals surface area contributed by atoms with Crippen molar-refractivity contribution >= 4 is 23.8 Å². The van der Waals surface area contributed by atoms with Crippen molar-refractivity contribution in [2.75, 3.05) is 29.9 Å². The van der Waals surface area contributed by atoms with E-state index in [0.717, 1.165) is 30.5 Å². The van der Waals surface area contributed by atoms with Crippen molar-refractivity contribution in [2.45, 2.75) is 56.6 Å². The first-order valence-corrected chi connectivity index (χ1v) is 14.2. The van der Waals surface area contributed by atoms with Crippen LogP contribution in [0.2, 0.25) is 0 Å². The Morgan fingerprint density at radius 1 is 1.02 bits per heavy atom. The van der Waals surface area contributed by atoms with E-state index in [0.29, 0.717) is 5.56 Å². The van der Waals surface area contributed by atoms with Gasteiger partial charge in [0.15, 0.2) is 11.6 Å². The molecule has 2 aromatic carbocycles. The minimum absolute atomic E-state index is 0.00914. The van der Waals surface area contributed by atoms with Crippen molar-refractivity contribution in [3.05, 3.63) is 83.4 Å². The van der Waals surface area contributed by atoms with E-state index in [9.17, 15) is 27.9 Å². The van der Waals surface area contributed by atoms with Gasteiger partial charge in [-0.15, -0.1) is 0 Å². The number of amides is 2. The van der Waals surface area contributed by atoms with Crippen molar-refractivity contribution in [1.82, 2.24) is 20.2 Å². The van der Waals surface area contributed by atoms with Gasteiger partial charge in [0.25, 0.3) is 0 Å². The highest BCUT2D eigenvalue weighted by molar-refractivity contribution is 5.69. The van der Waals surface area contributed by atoms with Crippen LogP contribution in [0, 0.1) is 5.82 Å². The van der Waals surface area contributed by atoms with Gasteiger partial charge in [-0.2, -0.15) is 17.6 Å². The second-order valence-corrected chi connectivity index (χ2v) is 11.0. The molecule has 44 heavy (non-hydrogen) atoms. The van der Waals surface area contributed by atoms with Crippen LogP contribution < -0.4 is 15.5 Å². The van der Waals surface area contributed by atoms with E-state index in [-0.39, 0.29) is 63.3 Å². The van der Waals surface area contributed by atoms with E-state index in [1.54, 1.807) is 4.90 Å². The van der Waals surface area contributed by atoms with Crippen LogP contribution in [0.3, 0.4) is 0 Å². The topological polar surface area (TPSA) is 120 Å². The molecule has 1 saturated heterocycles. The van der Waals surface area contributed by atoms with Crippen molar-refractivity contribution in [3.8, 4) is 0 Å². The monoisotopic (exact) mass is 616 g/mol. The average Bonchev–Trinajstić information content (AvgIpc) is 3.85. The third-order valence-electron chi connectivity index (χ3n) is 7.83. The summed E-state index contributed by atoms with van der Waals surface area (Å²) >= 11 is 0. The molecule has 10 nitrogen and oxygen atoms in total. The second-order valence-electron chi connectivity index (χ2n) is 11.0. The van der Waals surface area contributed by atoms with Crippen molar-refractivity contribution in [2.24, 2.45) is 0 Å². The lowest BCUT2D eigenvalue weighted by molar-refractivity contribution is -0.137. The number of halogens is 4. The van der Waals surface area contributed by atoms with Gasteiger partial charge in [-0.3, -0.25) is 0 Å². The van der Waals surface area contributed by atoms with Crippen LogP contribution in [0.25, 0.3) is 0 Å². The second kappa shape index (κ2) is 12.9. The number of carboxylic acid groups (broad SMARTS) is 1. The zero-order valence-electron chi connectivity index (χ0n) is 23.7. The number of aromatic nitrogens is 2. The molecule has 2 amide bonds. The summed E-state index contributed by atoms with van der Waals surface area (Å²) in [5, 5.41) is 15.3. The van der Waals surface area contributed by atoms with E-state index in [1.165, 1.54) is 23.4 Å². The van der Waals surface area contributed by atoms with E-state index in [2.05, 4.69) is 20.6 Å². The van der Waals surface area contributed by atoms with Gasteiger partial charge in [0.1, 0.15) is 12.9 Å². The van der Waals surface area contributed by atoms with Gasteiger partial charge < -0.3 is 30.3 Å². The molecule has 2 heterocycles. The van der Waals surface area contributed by atoms with Gasteiger partial charge in [-0.05, 0) is 48.9 Å². The Bertz CT molecular complexity index is 1450. The van der Waals surface area contributed by atoms with Crippen LogP contribution in [0.15, 0.2) is 60.9 Å². The predicted molar refractivity (Wildman–Crippen MR) is 152 cm³/mol. The van der Waals surface area contributed by atoms with Crippen molar-refractivity contribution in [1.29, 1.82) is 0 Å². The van der Waals surface area contributed by atoms with Crippen LogP contribution in [-0.4, -0.2) is 63.4 Å². The Morgan fingerprint density at radius 2 is 1.70 bits per heavy atom. The normalized spacial score (nSPS) is 16.2. The lowest BCUT2D eigenvalue weighted by Crippen LogP contribution is -2.59. The number of carbonyl (C=O) groups excluding carboxylic acids is 1. The largest absolute Gasteiger partial charge is 0.465 e. The maximum atomic E-state index is 15.9. The van der Waals surface area contributed by atoms with E-state index in [1.807, 2.05) is 30.3 Å². The summed E-state index contributed by atoms with van der Waals surface area (Å²) in [4.78, 5) is 35.5. The quantitative estimate of drug-likeness (QED) is 0.250. The maximum absolute atomic E-state index is 15.9. The van der Waals surface area contributed by atoms with Crippen LogP contribution in [0.4, 0.5) is 38.8 Å². The highest BCUT2D eigenvalue weighted by Crippen LogP contribution is 2.36. The summed E-state index contributed by atoms with van der Waals surface area (Å²) in [6.45, 7) is 0.514. The number of anilines is 2. The van der Waals surface area contributed by atoms with Gasteiger partial charge in [-0.25, -0.2) is 19.6 Å². The van der Waals surface area contributed by atoms with Gasteiger partial charge in [0, 0.05) is 32.2 Å². The lowest BCUT2D eigenvalue weighted by atomic mass is 9.87.